The number of imidazole rings is 1. The highest BCUT2D eigenvalue weighted by Gasteiger charge is 2.33. The maximum absolute atomic E-state index is 12.2. The number of piperazine rings is 1. The number of hydrogen-bond acceptors (Lipinski definition) is 7. The predicted octanol–water partition coefficient (Wildman–Crippen LogP) is 1.09. The molecule has 1 saturated carbocycles. The molecule has 0 spiro atoms. The molecule has 1 aliphatic carbocycles. The first-order valence-electron chi connectivity index (χ1n) is 8.44. The molecule has 9 nitrogen and oxygen atoms in total. The maximum Gasteiger partial charge on any atom is 0.373 e. The number of thiazole rings is 1. The molecule has 1 atom stereocenters. The van der Waals surface area contributed by atoms with E-state index in [1.54, 1.807) is 11.6 Å². The summed E-state index contributed by atoms with van der Waals surface area (Å²) in [6.07, 6.45) is 3.83. The van der Waals surface area contributed by atoms with Gasteiger partial charge in [0.25, 0.3) is 4.96 Å². The van der Waals surface area contributed by atoms with E-state index >= 15 is 0 Å². The Morgan fingerprint density at radius 2 is 2.12 bits per heavy atom. The minimum Gasteiger partial charge on any atom is -0.358 e. The van der Waals surface area contributed by atoms with Crippen molar-refractivity contribution in [1.82, 2.24) is 19.6 Å². The van der Waals surface area contributed by atoms with E-state index in [0.717, 1.165) is 12.8 Å². The van der Waals surface area contributed by atoms with Gasteiger partial charge in [-0.1, -0.05) is 11.3 Å². The zero-order chi connectivity index (χ0) is 17.6. The average Bonchev–Trinajstić information content (AvgIpc) is 3.16. The van der Waals surface area contributed by atoms with Crippen molar-refractivity contribution >= 4 is 33.8 Å². The number of nitro groups is 1. The van der Waals surface area contributed by atoms with Crippen LogP contribution < -0.4 is 10.2 Å². The van der Waals surface area contributed by atoms with E-state index in [1.807, 2.05) is 11.8 Å². The molecule has 0 bridgehead atoms. The Kier molecular flexibility index (Phi) is 4.08. The second-order valence-corrected chi connectivity index (χ2v) is 7.43. The molecule has 2 aliphatic rings. The highest BCUT2D eigenvalue weighted by Crippen LogP contribution is 2.31. The standard InChI is InChI=1S/C15H20N6O3S/c1-10(13(22)16-11-2-3-11)18-4-6-19(7-5-18)12-14(21(23)24)20-8-9-25-15(20)17-12/h8-11H,2-7H2,1H3,(H,16,22). The van der Waals surface area contributed by atoms with Gasteiger partial charge in [0.1, 0.15) is 6.20 Å². The number of carbonyl (C=O) groups excluding carboxylic acids is 1. The number of aromatic nitrogens is 2. The first-order valence-corrected chi connectivity index (χ1v) is 9.32. The van der Waals surface area contributed by atoms with Gasteiger partial charge in [-0.3, -0.25) is 9.69 Å². The Balaban J connectivity index is 1.45. The van der Waals surface area contributed by atoms with Crippen molar-refractivity contribution in [3.8, 4) is 0 Å². The van der Waals surface area contributed by atoms with Gasteiger partial charge >= 0.3 is 5.82 Å². The zero-order valence-electron chi connectivity index (χ0n) is 13.9. The van der Waals surface area contributed by atoms with E-state index in [2.05, 4.69) is 15.2 Å². The molecule has 1 saturated heterocycles. The van der Waals surface area contributed by atoms with Crippen LogP contribution in [-0.4, -0.2) is 63.4 Å². The number of hydrogen-bond donors (Lipinski definition) is 1. The lowest BCUT2D eigenvalue weighted by molar-refractivity contribution is -0.389. The van der Waals surface area contributed by atoms with Crippen LogP contribution in [0.4, 0.5) is 11.6 Å². The van der Waals surface area contributed by atoms with Crippen molar-refractivity contribution in [3.05, 3.63) is 21.7 Å². The first kappa shape index (κ1) is 16.3. The minimum absolute atomic E-state index is 0.0178. The molecule has 3 heterocycles. The molecule has 2 fully saturated rings. The van der Waals surface area contributed by atoms with Crippen LogP contribution in [0.3, 0.4) is 0 Å². The summed E-state index contributed by atoms with van der Waals surface area (Å²) in [4.78, 5) is 32.4. The Labute approximate surface area is 148 Å². The van der Waals surface area contributed by atoms with E-state index < -0.39 is 0 Å². The van der Waals surface area contributed by atoms with Crippen LogP contribution in [0, 0.1) is 10.1 Å². The Bertz CT molecular complexity index is 805. The summed E-state index contributed by atoms with van der Waals surface area (Å²) in [7, 11) is 0. The van der Waals surface area contributed by atoms with Crippen molar-refractivity contribution in [3.63, 3.8) is 0 Å². The van der Waals surface area contributed by atoms with Gasteiger partial charge in [-0.15, -0.1) is 0 Å². The van der Waals surface area contributed by atoms with Crippen LogP contribution in [0.15, 0.2) is 11.6 Å². The van der Waals surface area contributed by atoms with Gasteiger partial charge in [0.05, 0.1) is 6.04 Å². The molecule has 1 unspecified atom stereocenters. The fourth-order valence-corrected chi connectivity index (χ4v) is 3.88. The molecule has 134 valence electrons. The lowest BCUT2D eigenvalue weighted by atomic mass is 10.2. The minimum atomic E-state index is -0.375. The van der Waals surface area contributed by atoms with Gasteiger partial charge < -0.3 is 20.3 Å². The summed E-state index contributed by atoms with van der Waals surface area (Å²) >= 11 is 1.38. The molecule has 10 heteroatoms. The quantitative estimate of drug-likeness (QED) is 0.630. The lowest BCUT2D eigenvalue weighted by Gasteiger charge is -2.37. The zero-order valence-corrected chi connectivity index (χ0v) is 14.7. The van der Waals surface area contributed by atoms with Crippen molar-refractivity contribution in [2.24, 2.45) is 0 Å². The molecule has 1 amide bonds. The molecule has 1 aliphatic heterocycles. The van der Waals surface area contributed by atoms with Crippen LogP contribution in [0.25, 0.3) is 4.96 Å². The third-order valence-electron chi connectivity index (χ3n) is 4.86. The second kappa shape index (κ2) is 6.26. The Hall–Kier alpha value is -2.20. The second-order valence-electron chi connectivity index (χ2n) is 6.55. The van der Waals surface area contributed by atoms with Crippen molar-refractivity contribution in [2.45, 2.75) is 31.8 Å². The van der Waals surface area contributed by atoms with Crippen LogP contribution in [0.2, 0.25) is 0 Å². The lowest BCUT2D eigenvalue weighted by Crippen LogP contribution is -2.54. The van der Waals surface area contributed by atoms with E-state index in [0.29, 0.717) is 43.0 Å². The largest absolute Gasteiger partial charge is 0.373 e. The average molecular weight is 364 g/mol. The Morgan fingerprint density at radius 1 is 1.40 bits per heavy atom. The van der Waals surface area contributed by atoms with E-state index in [9.17, 15) is 14.9 Å². The van der Waals surface area contributed by atoms with Gasteiger partial charge in [0, 0.05) is 37.6 Å². The normalized spacial score (nSPS) is 20.0. The summed E-state index contributed by atoms with van der Waals surface area (Å²) < 4.78 is 1.53. The number of anilines is 1. The molecule has 1 N–H and O–H groups in total. The monoisotopic (exact) mass is 364 g/mol. The smallest absolute Gasteiger partial charge is 0.358 e. The highest BCUT2D eigenvalue weighted by atomic mass is 32.1. The van der Waals surface area contributed by atoms with Gasteiger partial charge in [-0.05, 0) is 24.7 Å². The highest BCUT2D eigenvalue weighted by molar-refractivity contribution is 7.15. The van der Waals surface area contributed by atoms with E-state index in [1.165, 1.54) is 15.7 Å². The number of carbonyl (C=O) groups is 1. The molecule has 0 aromatic carbocycles. The topological polar surface area (TPSA) is 96.0 Å². The summed E-state index contributed by atoms with van der Waals surface area (Å²) in [5.41, 5.74) is 0. The van der Waals surface area contributed by atoms with Gasteiger partial charge in [0.15, 0.2) is 0 Å². The summed E-state index contributed by atoms with van der Waals surface area (Å²) in [6, 6.07) is 0.181. The van der Waals surface area contributed by atoms with E-state index in [-0.39, 0.29) is 22.7 Å². The fraction of sp³-hybridized carbons (Fsp3) is 0.600. The molecule has 2 aromatic rings. The number of rotatable bonds is 5. The number of fused-ring (bicyclic) bond motifs is 1. The van der Waals surface area contributed by atoms with Crippen LogP contribution in [0.1, 0.15) is 19.8 Å². The Morgan fingerprint density at radius 3 is 2.76 bits per heavy atom. The maximum atomic E-state index is 12.2. The predicted molar refractivity (Wildman–Crippen MR) is 94.1 cm³/mol. The van der Waals surface area contributed by atoms with Gasteiger partial charge in [-0.2, -0.15) is 9.38 Å². The fourth-order valence-electron chi connectivity index (χ4n) is 3.18. The van der Waals surface area contributed by atoms with Crippen LogP contribution in [0.5, 0.6) is 0 Å². The molecule has 2 aromatic heterocycles. The summed E-state index contributed by atoms with van der Waals surface area (Å²) in [5.74, 6) is 0.514. The first-order chi connectivity index (χ1) is 12.0. The molecular formula is C15H20N6O3S. The molecule has 25 heavy (non-hydrogen) atoms. The SMILES string of the molecule is CC(C(=O)NC1CC1)N1CCN(c2nc3sccn3c2[N+](=O)[O-])CC1. The van der Waals surface area contributed by atoms with Crippen molar-refractivity contribution in [2.75, 3.05) is 31.1 Å². The number of amides is 1. The van der Waals surface area contributed by atoms with E-state index in [4.69, 9.17) is 0 Å². The number of nitrogens with one attached hydrogen (secondary N) is 1. The summed E-state index contributed by atoms with van der Waals surface area (Å²) in [5, 5.41) is 16.3. The third-order valence-corrected chi connectivity index (χ3v) is 5.61. The molecule has 4 rings (SSSR count). The third kappa shape index (κ3) is 3.07. The van der Waals surface area contributed by atoms with Gasteiger partial charge in [0.2, 0.25) is 11.7 Å². The molecular weight excluding hydrogens is 344 g/mol. The summed E-state index contributed by atoms with van der Waals surface area (Å²) in [6.45, 7) is 4.52. The van der Waals surface area contributed by atoms with Crippen molar-refractivity contribution < 1.29 is 9.72 Å². The van der Waals surface area contributed by atoms with Gasteiger partial charge in [-0.25, -0.2) is 0 Å². The van der Waals surface area contributed by atoms with Crippen LogP contribution >= 0.6 is 11.3 Å². The van der Waals surface area contributed by atoms with Crippen molar-refractivity contribution in [1.29, 1.82) is 0 Å². The molecule has 0 radical (unpaired) electrons. The van der Waals surface area contributed by atoms with Crippen LogP contribution in [-0.2, 0) is 4.79 Å². The number of nitrogens with zero attached hydrogens (tertiary/aromatic N) is 5.